The van der Waals surface area contributed by atoms with E-state index in [-0.39, 0.29) is 29.8 Å². The first-order valence-electron chi connectivity index (χ1n) is 6.59. The van der Waals surface area contributed by atoms with Gasteiger partial charge in [-0.05, 0) is 30.8 Å². The summed E-state index contributed by atoms with van der Waals surface area (Å²) in [4.78, 5) is 38.5. The van der Waals surface area contributed by atoms with Crippen molar-refractivity contribution in [2.24, 2.45) is 11.3 Å². The van der Waals surface area contributed by atoms with Crippen LogP contribution >= 0.6 is 0 Å². The molecule has 0 aromatic heterocycles. The molecule has 0 aromatic carbocycles. The van der Waals surface area contributed by atoms with E-state index < -0.39 is 5.41 Å². The van der Waals surface area contributed by atoms with Gasteiger partial charge in [-0.1, -0.05) is 6.58 Å². The fraction of sp³-hybridized carbons (Fsp3) is 0.643. The molecular weight excluding hydrogens is 230 g/mol. The van der Waals surface area contributed by atoms with Crippen molar-refractivity contribution >= 4 is 17.5 Å². The topological polar surface area (TPSA) is 54.5 Å². The minimum atomic E-state index is -1.08. The molecule has 1 amide bonds. The Hall–Kier alpha value is -1.45. The molecule has 0 N–H and O–H groups in total. The molecular formula is C14H17NO3. The molecule has 4 nitrogen and oxygen atoms in total. The Morgan fingerprint density at radius 3 is 2.61 bits per heavy atom. The zero-order chi connectivity index (χ0) is 12.9. The molecule has 0 spiro atoms. The molecule has 2 saturated carbocycles. The lowest BCUT2D eigenvalue weighted by atomic mass is 9.73. The number of carbonyl (C=O) groups is 3. The van der Waals surface area contributed by atoms with Gasteiger partial charge in [0.2, 0.25) is 5.91 Å². The molecule has 2 bridgehead atoms. The van der Waals surface area contributed by atoms with Gasteiger partial charge in [0, 0.05) is 25.9 Å². The predicted molar refractivity (Wildman–Crippen MR) is 64.7 cm³/mol. The molecule has 2 unspecified atom stereocenters. The molecule has 18 heavy (non-hydrogen) atoms. The molecule has 1 aliphatic heterocycles. The molecule has 0 radical (unpaired) electrons. The van der Waals surface area contributed by atoms with Crippen molar-refractivity contribution in [1.82, 2.24) is 4.90 Å². The minimum Gasteiger partial charge on any atom is -0.342 e. The summed E-state index contributed by atoms with van der Waals surface area (Å²) in [6, 6.07) is 0. The van der Waals surface area contributed by atoms with Gasteiger partial charge in [-0.25, -0.2) is 0 Å². The summed E-state index contributed by atoms with van der Waals surface area (Å²) in [7, 11) is 0. The third-order valence-electron chi connectivity index (χ3n) is 4.59. The van der Waals surface area contributed by atoms with Crippen LogP contribution in [0.3, 0.4) is 0 Å². The quantitative estimate of drug-likeness (QED) is 0.515. The van der Waals surface area contributed by atoms with Crippen LogP contribution in [-0.4, -0.2) is 35.5 Å². The average molecular weight is 247 g/mol. The van der Waals surface area contributed by atoms with Crippen LogP contribution in [0.5, 0.6) is 0 Å². The smallest absolute Gasteiger partial charge is 0.237 e. The summed E-state index contributed by atoms with van der Waals surface area (Å²) in [5, 5.41) is 0. The van der Waals surface area contributed by atoms with E-state index in [9.17, 15) is 14.4 Å². The Morgan fingerprint density at radius 2 is 1.94 bits per heavy atom. The van der Waals surface area contributed by atoms with Crippen LogP contribution in [-0.2, 0) is 14.4 Å². The number of hydrogen-bond donors (Lipinski definition) is 0. The van der Waals surface area contributed by atoms with E-state index in [1.807, 2.05) is 0 Å². The van der Waals surface area contributed by atoms with Crippen molar-refractivity contribution in [1.29, 1.82) is 0 Å². The number of hydrogen-bond acceptors (Lipinski definition) is 3. The Morgan fingerprint density at radius 1 is 1.28 bits per heavy atom. The molecule has 2 atom stereocenters. The standard InChI is InChI=1S/C14H17NO3/c1-9-10-6-11(16)8-14(7-10,12(9)17)13(18)15-4-2-3-5-15/h10H,1-8H2. The summed E-state index contributed by atoms with van der Waals surface area (Å²) in [5.74, 6) is -0.354. The van der Waals surface area contributed by atoms with Crippen molar-refractivity contribution in [2.45, 2.75) is 32.1 Å². The van der Waals surface area contributed by atoms with Gasteiger partial charge in [0.05, 0.1) is 0 Å². The third kappa shape index (κ3) is 1.41. The highest BCUT2D eigenvalue weighted by molar-refractivity contribution is 6.19. The van der Waals surface area contributed by atoms with Gasteiger partial charge in [0.1, 0.15) is 11.2 Å². The third-order valence-corrected chi connectivity index (χ3v) is 4.59. The van der Waals surface area contributed by atoms with Crippen LogP contribution in [0.1, 0.15) is 32.1 Å². The van der Waals surface area contributed by atoms with Gasteiger partial charge in [-0.15, -0.1) is 0 Å². The van der Waals surface area contributed by atoms with Gasteiger partial charge in [-0.3, -0.25) is 14.4 Å². The molecule has 1 heterocycles. The van der Waals surface area contributed by atoms with Crippen molar-refractivity contribution < 1.29 is 14.4 Å². The molecule has 3 fully saturated rings. The average Bonchev–Trinajstić information content (AvgIpc) is 2.93. The summed E-state index contributed by atoms with van der Waals surface area (Å²) < 4.78 is 0. The van der Waals surface area contributed by atoms with Crippen LogP contribution in [0.4, 0.5) is 0 Å². The number of amides is 1. The molecule has 4 heteroatoms. The number of ketones is 2. The van der Waals surface area contributed by atoms with E-state index in [1.165, 1.54) is 0 Å². The molecule has 3 aliphatic rings. The van der Waals surface area contributed by atoms with Crippen molar-refractivity contribution in [3.63, 3.8) is 0 Å². The van der Waals surface area contributed by atoms with Gasteiger partial charge in [-0.2, -0.15) is 0 Å². The van der Waals surface area contributed by atoms with E-state index in [1.54, 1.807) is 4.90 Å². The van der Waals surface area contributed by atoms with E-state index in [4.69, 9.17) is 0 Å². The van der Waals surface area contributed by atoms with Crippen LogP contribution in [0.25, 0.3) is 0 Å². The number of allylic oxidation sites excluding steroid dienone is 1. The van der Waals surface area contributed by atoms with Crippen molar-refractivity contribution in [3.05, 3.63) is 12.2 Å². The highest BCUT2D eigenvalue weighted by Gasteiger charge is 2.59. The number of carbonyl (C=O) groups excluding carboxylic acids is 3. The zero-order valence-electron chi connectivity index (χ0n) is 10.4. The first-order valence-corrected chi connectivity index (χ1v) is 6.59. The number of likely N-dealkylation sites (tertiary alicyclic amines) is 1. The van der Waals surface area contributed by atoms with Gasteiger partial charge in [0.25, 0.3) is 0 Å². The Bertz CT molecular complexity index is 462. The summed E-state index contributed by atoms with van der Waals surface area (Å²) in [6.45, 7) is 5.24. The van der Waals surface area contributed by atoms with Crippen LogP contribution in [0.2, 0.25) is 0 Å². The number of nitrogens with zero attached hydrogens (tertiary/aromatic N) is 1. The number of rotatable bonds is 1. The predicted octanol–water partition coefficient (Wildman–Crippen LogP) is 1.10. The lowest BCUT2D eigenvalue weighted by Gasteiger charge is -2.32. The van der Waals surface area contributed by atoms with Crippen molar-refractivity contribution in [3.8, 4) is 0 Å². The maximum Gasteiger partial charge on any atom is 0.237 e. The van der Waals surface area contributed by atoms with E-state index in [0.29, 0.717) is 18.4 Å². The summed E-state index contributed by atoms with van der Waals surface area (Å²) in [6.07, 6.45) is 2.98. The lowest BCUT2D eigenvalue weighted by Crippen LogP contribution is -2.47. The maximum atomic E-state index is 12.6. The second-order valence-electron chi connectivity index (χ2n) is 5.76. The van der Waals surface area contributed by atoms with Crippen molar-refractivity contribution in [2.75, 3.05) is 13.1 Å². The Balaban J connectivity index is 1.96. The first kappa shape index (κ1) is 11.6. The molecule has 2 aliphatic carbocycles. The Labute approximate surface area is 106 Å². The summed E-state index contributed by atoms with van der Waals surface area (Å²) in [5.41, 5.74) is -0.588. The maximum absolute atomic E-state index is 12.6. The second kappa shape index (κ2) is 3.77. The highest BCUT2D eigenvalue weighted by atomic mass is 16.2. The largest absolute Gasteiger partial charge is 0.342 e. The molecule has 96 valence electrons. The van der Waals surface area contributed by atoms with Crippen LogP contribution in [0.15, 0.2) is 12.2 Å². The zero-order valence-corrected chi connectivity index (χ0v) is 10.4. The fourth-order valence-corrected chi connectivity index (χ4v) is 3.64. The van der Waals surface area contributed by atoms with Crippen LogP contribution in [0, 0.1) is 11.3 Å². The van der Waals surface area contributed by atoms with Gasteiger partial charge >= 0.3 is 0 Å². The fourth-order valence-electron chi connectivity index (χ4n) is 3.64. The van der Waals surface area contributed by atoms with Gasteiger partial charge < -0.3 is 4.90 Å². The van der Waals surface area contributed by atoms with E-state index >= 15 is 0 Å². The molecule has 1 saturated heterocycles. The van der Waals surface area contributed by atoms with Gasteiger partial charge in [0.15, 0.2) is 5.78 Å². The summed E-state index contributed by atoms with van der Waals surface area (Å²) >= 11 is 0. The molecule has 0 aromatic rings. The highest BCUT2D eigenvalue weighted by Crippen LogP contribution is 2.51. The molecule has 3 rings (SSSR count). The SMILES string of the molecule is C=C1C(=O)C2(C(=O)N3CCCC3)CC(=O)CC1C2. The second-order valence-corrected chi connectivity index (χ2v) is 5.76. The van der Waals surface area contributed by atoms with E-state index in [0.717, 1.165) is 25.9 Å². The normalized spacial score (nSPS) is 35.4. The Kier molecular flexibility index (Phi) is 2.44. The number of fused-ring (bicyclic) bond motifs is 2. The number of Topliss-reactive ketones (excluding diaryl/α,β-unsaturated/α-hetero) is 2. The first-order chi connectivity index (χ1) is 8.54. The monoisotopic (exact) mass is 247 g/mol. The van der Waals surface area contributed by atoms with Crippen LogP contribution < -0.4 is 0 Å². The van der Waals surface area contributed by atoms with E-state index in [2.05, 4.69) is 6.58 Å². The minimum absolute atomic E-state index is 0.0331. The lowest BCUT2D eigenvalue weighted by molar-refractivity contribution is -0.150.